The van der Waals surface area contributed by atoms with Gasteiger partial charge in [-0.1, -0.05) is 30.3 Å². The lowest BCUT2D eigenvalue weighted by atomic mass is 10.00. The van der Waals surface area contributed by atoms with Gasteiger partial charge < -0.3 is 19.7 Å². The molecule has 1 unspecified atom stereocenters. The Kier molecular flexibility index (Phi) is 6.99. The number of anilines is 1. The lowest BCUT2D eigenvalue weighted by Crippen LogP contribution is -2.43. The molecule has 27 heavy (non-hydrogen) atoms. The molecule has 4 heteroatoms. The van der Waals surface area contributed by atoms with Gasteiger partial charge in [0.15, 0.2) is 0 Å². The molecule has 1 atom stereocenters. The van der Waals surface area contributed by atoms with E-state index in [2.05, 4.69) is 47.5 Å². The van der Waals surface area contributed by atoms with Gasteiger partial charge in [0, 0.05) is 31.2 Å². The zero-order valence-corrected chi connectivity index (χ0v) is 16.8. The fraction of sp³-hybridized carbons (Fsp3) is 0.478. The number of rotatable bonds is 8. The quantitative estimate of drug-likeness (QED) is 0.738. The Morgan fingerprint density at radius 2 is 1.78 bits per heavy atom. The number of nitrogens with zero attached hydrogens (tertiary/aromatic N) is 1. The van der Waals surface area contributed by atoms with Gasteiger partial charge in [0.25, 0.3) is 0 Å². The van der Waals surface area contributed by atoms with Crippen LogP contribution in [0.5, 0.6) is 11.5 Å². The summed E-state index contributed by atoms with van der Waals surface area (Å²) in [5, 5.41) is 3.66. The van der Waals surface area contributed by atoms with E-state index in [-0.39, 0.29) is 0 Å². The number of hydrogen-bond donors (Lipinski definition) is 1. The lowest BCUT2D eigenvalue weighted by molar-refractivity contribution is 0.160. The molecule has 3 rings (SSSR count). The number of piperidine rings is 1. The third kappa shape index (κ3) is 5.39. The largest absolute Gasteiger partial charge is 0.497 e. The molecule has 1 N–H and O–H groups in total. The second-order valence-corrected chi connectivity index (χ2v) is 7.39. The van der Waals surface area contributed by atoms with Crippen molar-refractivity contribution >= 4 is 5.69 Å². The second kappa shape index (κ2) is 9.65. The number of ether oxygens (including phenoxy) is 2. The zero-order valence-electron chi connectivity index (χ0n) is 16.8. The molecule has 2 aromatic carbocycles. The summed E-state index contributed by atoms with van der Waals surface area (Å²) in [7, 11) is 3.41. The first-order valence-electron chi connectivity index (χ1n) is 9.96. The van der Waals surface area contributed by atoms with Crippen molar-refractivity contribution < 1.29 is 9.47 Å². The van der Waals surface area contributed by atoms with Gasteiger partial charge in [0.2, 0.25) is 0 Å². The molecule has 4 nitrogen and oxygen atoms in total. The van der Waals surface area contributed by atoms with Crippen LogP contribution in [-0.2, 0) is 6.42 Å². The van der Waals surface area contributed by atoms with Crippen molar-refractivity contribution in [2.24, 2.45) is 0 Å². The van der Waals surface area contributed by atoms with Gasteiger partial charge in [-0.25, -0.2) is 0 Å². The van der Waals surface area contributed by atoms with E-state index in [0.717, 1.165) is 49.5 Å². The highest BCUT2D eigenvalue weighted by Gasteiger charge is 2.23. The van der Waals surface area contributed by atoms with Crippen LogP contribution in [-0.4, -0.2) is 44.3 Å². The Bertz CT molecular complexity index is 697. The third-order valence-corrected chi connectivity index (χ3v) is 5.61. The molecule has 1 saturated heterocycles. The Balaban J connectivity index is 1.48. The van der Waals surface area contributed by atoms with E-state index in [0.29, 0.717) is 12.1 Å². The highest BCUT2D eigenvalue weighted by atomic mass is 16.5. The number of likely N-dealkylation sites (tertiary alicyclic amines) is 1. The molecule has 146 valence electrons. The van der Waals surface area contributed by atoms with Crippen LogP contribution in [0.1, 0.15) is 31.7 Å². The highest BCUT2D eigenvalue weighted by molar-refractivity contribution is 5.60. The predicted molar refractivity (Wildman–Crippen MR) is 112 cm³/mol. The molecule has 0 aromatic heterocycles. The smallest absolute Gasteiger partial charge is 0.142 e. The average molecular weight is 369 g/mol. The summed E-state index contributed by atoms with van der Waals surface area (Å²) in [5.41, 5.74) is 2.46. The van der Waals surface area contributed by atoms with Crippen LogP contribution in [0.4, 0.5) is 5.69 Å². The van der Waals surface area contributed by atoms with E-state index >= 15 is 0 Å². The molecule has 0 bridgehead atoms. The van der Waals surface area contributed by atoms with E-state index < -0.39 is 0 Å². The summed E-state index contributed by atoms with van der Waals surface area (Å²) in [5.74, 6) is 1.72. The molecular formula is C23H32N2O2. The van der Waals surface area contributed by atoms with Crippen LogP contribution >= 0.6 is 0 Å². The standard InChI is InChI=1S/C23H32N2O2/c1-18(9-10-19-7-5-4-6-8-19)25-15-13-20(14-16-25)24-22-17-21(26-2)11-12-23(22)27-3/h4-8,11-12,17-18,20,24H,9-10,13-16H2,1-3H3. The van der Waals surface area contributed by atoms with E-state index in [9.17, 15) is 0 Å². The number of methoxy groups -OCH3 is 2. The number of nitrogens with one attached hydrogen (secondary N) is 1. The molecule has 1 heterocycles. The minimum absolute atomic E-state index is 0.476. The van der Waals surface area contributed by atoms with E-state index in [4.69, 9.17) is 9.47 Å². The molecule has 0 radical (unpaired) electrons. The molecule has 0 saturated carbocycles. The lowest BCUT2D eigenvalue weighted by Gasteiger charge is -2.37. The fourth-order valence-corrected chi connectivity index (χ4v) is 3.83. The monoisotopic (exact) mass is 368 g/mol. The Morgan fingerprint density at radius 1 is 1.04 bits per heavy atom. The van der Waals surface area contributed by atoms with Crippen molar-refractivity contribution in [1.82, 2.24) is 4.90 Å². The van der Waals surface area contributed by atoms with Crippen molar-refractivity contribution in [2.45, 2.75) is 44.7 Å². The fourth-order valence-electron chi connectivity index (χ4n) is 3.83. The molecule has 0 spiro atoms. The van der Waals surface area contributed by atoms with Gasteiger partial charge in [-0.05, 0) is 50.3 Å². The molecule has 1 aliphatic heterocycles. The number of hydrogen-bond acceptors (Lipinski definition) is 4. The minimum Gasteiger partial charge on any atom is -0.497 e. The third-order valence-electron chi connectivity index (χ3n) is 5.61. The average Bonchev–Trinajstić information content (AvgIpc) is 2.73. The van der Waals surface area contributed by atoms with Crippen LogP contribution in [0, 0.1) is 0 Å². The maximum absolute atomic E-state index is 5.49. The van der Waals surface area contributed by atoms with Crippen LogP contribution in [0.2, 0.25) is 0 Å². The molecule has 0 aliphatic carbocycles. The van der Waals surface area contributed by atoms with E-state index in [1.54, 1.807) is 14.2 Å². The maximum Gasteiger partial charge on any atom is 0.142 e. The Hall–Kier alpha value is -2.20. The number of benzene rings is 2. The SMILES string of the molecule is COc1ccc(OC)c(NC2CCN(C(C)CCc3ccccc3)CC2)c1. The van der Waals surface area contributed by atoms with Crippen molar-refractivity contribution in [2.75, 3.05) is 32.6 Å². The molecule has 1 aliphatic rings. The van der Waals surface area contributed by atoms with Crippen LogP contribution in [0.3, 0.4) is 0 Å². The van der Waals surface area contributed by atoms with Gasteiger partial charge in [0.1, 0.15) is 11.5 Å². The van der Waals surface area contributed by atoms with Gasteiger partial charge in [-0.2, -0.15) is 0 Å². The summed E-state index contributed by atoms with van der Waals surface area (Å²) in [6.45, 7) is 4.64. The molecule has 0 amide bonds. The molecule has 2 aromatic rings. The molecule has 1 fully saturated rings. The van der Waals surface area contributed by atoms with Crippen LogP contribution in [0.15, 0.2) is 48.5 Å². The van der Waals surface area contributed by atoms with Gasteiger partial charge in [-0.3, -0.25) is 0 Å². The topological polar surface area (TPSA) is 33.7 Å². The summed E-state index contributed by atoms with van der Waals surface area (Å²) in [4.78, 5) is 2.63. The maximum atomic E-state index is 5.49. The second-order valence-electron chi connectivity index (χ2n) is 7.39. The van der Waals surface area contributed by atoms with Crippen LogP contribution < -0.4 is 14.8 Å². The predicted octanol–water partition coefficient (Wildman–Crippen LogP) is 4.60. The molecular weight excluding hydrogens is 336 g/mol. The first-order chi connectivity index (χ1) is 13.2. The van der Waals surface area contributed by atoms with E-state index in [1.807, 2.05) is 18.2 Å². The number of aryl methyl sites for hydroxylation is 1. The zero-order chi connectivity index (χ0) is 19.1. The van der Waals surface area contributed by atoms with Gasteiger partial charge in [-0.15, -0.1) is 0 Å². The minimum atomic E-state index is 0.476. The summed E-state index contributed by atoms with van der Waals surface area (Å²) >= 11 is 0. The highest BCUT2D eigenvalue weighted by Crippen LogP contribution is 2.31. The van der Waals surface area contributed by atoms with Crippen molar-refractivity contribution in [3.8, 4) is 11.5 Å². The van der Waals surface area contributed by atoms with Crippen molar-refractivity contribution in [3.63, 3.8) is 0 Å². The first kappa shape index (κ1) is 19.6. The van der Waals surface area contributed by atoms with Crippen LogP contribution in [0.25, 0.3) is 0 Å². The first-order valence-corrected chi connectivity index (χ1v) is 9.96. The van der Waals surface area contributed by atoms with E-state index in [1.165, 1.54) is 12.0 Å². The van der Waals surface area contributed by atoms with Gasteiger partial charge in [0.05, 0.1) is 19.9 Å². The van der Waals surface area contributed by atoms with Crippen molar-refractivity contribution in [3.05, 3.63) is 54.1 Å². The normalized spacial score (nSPS) is 16.7. The Morgan fingerprint density at radius 3 is 2.44 bits per heavy atom. The van der Waals surface area contributed by atoms with Gasteiger partial charge >= 0.3 is 0 Å². The summed E-state index contributed by atoms with van der Waals surface area (Å²) in [6, 6.07) is 17.8. The van der Waals surface area contributed by atoms with Crippen molar-refractivity contribution in [1.29, 1.82) is 0 Å². The Labute approximate surface area is 163 Å². The summed E-state index contributed by atoms with van der Waals surface area (Å²) < 4.78 is 10.8. The summed E-state index contributed by atoms with van der Waals surface area (Å²) in [6.07, 6.45) is 4.67.